The van der Waals surface area contributed by atoms with E-state index in [1.807, 2.05) is 0 Å². The van der Waals surface area contributed by atoms with Crippen molar-refractivity contribution in [3.63, 3.8) is 0 Å². The Hall–Kier alpha value is -4.41. The number of rotatable bonds is 6. The molecule has 4 rings (SSSR count). The van der Waals surface area contributed by atoms with E-state index in [0.29, 0.717) is 11.6 Å². The molecule has 0 aliphatic heterocycles. The van der Waals surface area contributed by atoms with Gasteiger partial charge in [-0.15, -0.1) is 6.58 Å². The summed E-state index contributed by atoms with van der Waals surface area (Å²) in [7, 11) is 0. The first-order valence-corrected chi connectivity index (χ1v) is 9.32. The maximum atomic E-state index is 14.5. The number of imidazole rings is 1. The van der Waals surface area contributed by atoms with Crippen LogP contribution in [0.25, 0.3) is 16.9 Å². The summed E-state index contributed by atoms with van der Waals surface area (Å²) < 4.78 is 31.1. The third-order valence-corrected chi connectivity index (χ3v) is 4.84. The van der Waals surface area contributed by atoms with Gasteiger partial charge >= 0.3 is 5.69 Å². The molecule has 2 aromatic carbocycles. The van der Waals surface area contributed by atoms with Crippen molar-refractivity contribution in [3.8, 4) is 5.69 Å². The van der Waals surface area contributed by atoms with Crippen molar-refractivity contribution in [1.29, 1.82) is 0 Å². The molecular weight excluding hydrogens is 424 g/mol. The zero-order chi connectivity index (χ0) is 23.0. The highest BCUT2D eigenvalue weighted by Crippen LogP contribution is 2.19. The number of non-ortho nitro benzene ring substituents is 1. The van der Waals surface area contributed by atoms with Gasteiger partial charge in [0.15, 0.2) is 11.2 Å². The molecule has 0 saturated carbocycles. The summed E-state index contributed by atoms with van der Waals surface area (Å²) in [6.45, 7) is 3.42. The summed E-state index contributed by atoms with van der Waals surface area (Å²) in [6, 6.07) is 8.51. The Balaban J connectivity index is 1.99. The maximum absolute atomic E-state index is 14.5. The second kappa shape index (κ2) is 8.02. The molecule has 0 atom stereocenters. The van der Waals surface area contributed by atoms with Crippen LogP contribution in [0.3, 0.4) is 0 Å². The monoisotopic (exact) mass is 439 g/mol. The molecule has 0 amide bonds. The fourth-order valence-corrected chi connectivity index (χ4v) is 3.43. The van der Waals surface area contributed by atoms with E-state index in [-0.39, 0.29) is 35.6 Å². The molecule has 32 heavy (non-hydrogen) atoms. The van der Waals surface area contributed by atoms with Gasteiger partial charge in [-0.1, -0.05) is 18.2 Å². The number of hydrogen-bond donors (Lipinski definition) is 0. The van der Waals surface area contributed by atoms with Crippen LogP contribution in [0.5, 0.6) is 0 Å². The van der Waals surface area contributed by atoms with Crippen molar-refractivity contribution in [1.82, 2.24) is 18.7 Å². The second-order valence-corrected chi connectivity index (χ2v) is 6.89. The number of nitro groups is 1. The Bertz CT molecular complexity index is 1500. The van der Waals surface area contributed by atoms with E-state index < -0.39 is 27.8 Å². The molecule has 0 bridgehead atoms. The Kier molecular flexibility index (Phi) is 5.23. The van der Waals surface area contributed by atoms with Gasteiger partial charge in [-0.2, -0.15) is 0 Å². The number of fused-ring (bicyclic) bond motifs is 1. The van der Waals surface area contributed by atoms with Crippen molar-refractivity contribution < 1.29 is 13.7 Å². The van der Waals surface area contributed by atoms with E-state index in [4.69, 9.17) is 0 Å². The quantitative estimate of drug-likeness (QED) is 0.261. The third kappa shape index (κ3) is 3.49. The molecule has 0 spiro atoms. The molecule has 0 N–H and O–H groups in total. The summed E-state index contributed by atoms with van der Waals surface area (Å²) in [6.07, 6.45) is 2.61. The molecule has 162 valence electrons. The Morgan fingerprint density at radius 3 is 2.62 bits per heavy atom. The number of halogens is 2. The van der Waals surface area contributed by atoms with Crippen molar-refractivity contribution >= 4 is 16.9 Å². The number of aromatic nitrogens is 4. The fourth-order valence-electron chi connectivity index (χ4n) is 3.43. The van der Waals surface area contributed by atoms with Crippen LogP contribution in [0.4, 0.5) is 14.5 Å². The van der Waals surface area contributed by atoms with Crippen molar-refractivity contribution in [3.05, 3.63) is 110 Å². The van der Waals surface area contributed by atoms with Crippen LogP contribution in [0.1, 0.15) is 5.56 Å². The van der Waals surface area contributed by atoms with Gasteiger partial charge in [-0.25, -0.2) is 23.1 Å². The molecule has 9 nitrogen and oxygen atoms in total. The lowest BCUT2D eigenvalue weighted by Crippen LogP contribution is -2.40. The number of nitrogens with zero attached hydrogens (tertiary/aromatic N) is 5. The summed E-state index contributed by atoms with van der Waals surface area (Å²) in [5.41, 5.74) is -1.60. The fraction of sp³-hybridized carbons (Fsp3) is 0.0952. The summed E-state index contributed by atoms with van der Waals surface area (Å²) in [5, 5.41) is 11.1. The van der Waals surface area contributed by atoms with Crippen LogP contribution in [-0.4, -0.2) is 23.6 Å². The van der Waals surface area contributed by atoms with Gasteiger partial charge in [0.1, 0.15) is 11.6 Å². The van der Waals surface area contributed by atoms with E-state index in [0.717, 1.165) is 21.3 Å². The molecule has 0 fully saturated rings. The van der Waals surface area contributed by atoms with Gasteiger partial charge in [-0.3, -0.25) is 19.5 Å². The van der Waals surface area contributed by atoms with Gasteiger partial charge in [0.2, 0.25) is 0 Å². The standard InChI is InChI=1S/C21H15F2N5O4/c1-2-8-26-20(29)18-19(27(21(26)30)17-7-6-14(22)10-16(17)23)24-12-25(18)11-13-4-3-5-15(9-13)28(31)32/h2-7,9-10,12H,1,8,11H2. The molecule has 0 radical (unpaired) electrons. The number of nitro benzene ring substituents is 1. The van der Waals surface area contributed by atoms with Crippen molar-refractivity contribution in [2.75, 3.05) is 0 Å². The van der Waals surface area contributed by atoms with Gasteiger partial charge in [-0.05, 0) is 17.7 Å². The summed E-state index contributed by atoms with van der Waals surface area (Å²) in [5.74, 6) is -1.84. The molecule has 2 heterocycles. The summed E-state index contributed by atoms with van der Waals surface area (Å²) >= 11 is 0. The molecule has 11 heteroatoms. The zero-order valence-electron chi connectivity index (χ0n) is 16.4. The van der Waals surface area contributed by atoms with Crippen molar-refractivity contribution in [2.45, 2.75) is 13.1 Å². The predicted octanol–water partition coefficient (Wildman–Crippen LogP) is 2.77. The molecule has 0 aliphatic carbocycles. The molecule has 0 aliphatic rings. The van der Waals surface area contributed by atoms with Gasteiger partial charge in [0.25, 0.3) is 11.2 Å². The molecular formula is C21H15F2N5O4. The first-order chi connectivity index (χ1) is 15.3. The van der Waals surface area contributed by atoms with E-state index in [2.05, 4.69) is 11.6 Å². The van der Waals surface area contributed by atoms with E-state index in [1.165, 1.54) is 35.2 Å². The van der Waals surface area contributed by atoms with Gasteiger partial charge in [0.05, 0.1) is 16.9 Å². The highest BCUT2D eigenvalue weighted by Gasteiger charge is 2.21. The van der Waals surface area contributed by atoms with Crippen LogP contribution in [0.15, 0.2) is 71.0 Å². The lowest BCUT2D eigenvalue weighted by atomic mass is 10.2. The minimum Gasteiger partial charge on any atom is -0.320 e. The lowest BCUT2D eigenvalue weighted by molar-refractivity contribution is -0.384. The number of benzene rings is 2. The Morgan fingerprint density at radius 2 is 1.94 bits per heavy atom. The minimum atomic E-state index is -1.01. The van der Waals surface area contributed by atoms with Crippen LogP contribution in [0, 0.1) is 21.7 Å². The molecule has 4 aromatic rings. The van der Waals surface area contributed by atoms with Crippen LogP contribution < -0.4 is 11.2 Å². The predicted molar refractivity (Wildman–Crippen MR) is 112 cm³/mol. The minimum absolute atomic E-state index is 0.0262. The maximum Gasteiger partial charge on any atom is 0.337 e. The Labute approximate surface area is 178 Å². The zero-order valence-corrected chi connectivity index (χ0v) is 16.4. The van der Waals surface area contributed by atoms with E-state index in [9.17, 15) is 28.5 Å². The Morgan fingerprint density at radius 1 is 1.16 bits per heavy atom. The first kappa shape index (κ1) is 20.8. The van der Waals surface area contributed by atoms with Crippen molar-refractivity contribution in [2.24, 2.45) is 0 Å². The average molecular weight is 439 g/mol. The molecule has 0 saturated heterocycles. The van der Waals surface area contributed by atoms with Crippen LogP contribution >= 0.6 is 0 Å². The van der Waals surface area contributed by atoms with E-state index in [1.54, 1.807) is 6.07 Å². The SMILES string of the molecule is C=CCn1c(=O)c2c(ncn2Cc2cccc([N+](=O)[O-])c2)n(-c2ccc(F)cc2F)c1=O. The largest absolute Gasteiger partial charge is 0.337 e. The average Bonchev–Trinajstić information content (AvgIpc) is 3.16. The number of allylic oxidation sites excluding steroid dienone is 1. The second-order valence-electron chi connectivity index (χ2n) is 6.89. The lowest BCUT2D eigenvalue weighted by Gasteiger charge is -2.12. The van der Waals surface area contributed by atoms with Gasteiger partial charge < -0.3 is 4.57 Å². The van der Waals surface area contributed by atoms with Crippen LogP contribution in [-0.2, 0) is 13.1 Å². The topological polar surface area (TPSA) is 105 Å². The molecule has 2 aromatic heterocycles. The third-order valence-electron chi connectivity index (χ3n) is 4.84. The van der Waals surface area contributed by atoms with Crippen LogP contribution in [0.2, 0.25) is 0 Å². The normalized spacial score (nSPS) is 11.1. The molecule has 0 unspecified atom stereocenters. The van der Waals surface area contributed by atoms with E-state index >= 15 is 0 Å². The summed E-state index contributed by atoms with van der Waals surface area (Å²) in [4.78, 5) is 40.7. The van der Waals surface area contributed by atoms with Gasteiger partial charge in [0, 0.05) is 31.3 Å². The number of hydrogen-bond acceptors (Lipinski definition) is 5. The highest BCUT2D eigenvalue weighted by molar-refractivity contribution is 5.72. The highest BCUT2D eigenvalue weighted by atomic mass is 19.1. The smallest absolute Gasteiger partial charge is 0.320 e. The first-order valence-electron chi connectivity index (χ1n) is 9.32.